The second-order valence-corrected chi connectivity index (χ2v) is 3.68. The molecule has 85 valence electrons. The van der Waals surface area contributed by atoms with Gasteiger partial charge in [-0.2, -0.15) is 5.10 Å². The zero-order valence-corrected chi connectivity index (χ0v) is 9.55. The molecule has 1 aromatic carbocycles. The van der Waals surface area contributed by atoms with Gasteiger partial charge in [0.05, 0.1) is 0 Å². The summed E-state index contributed by atoms with van der Waals surface area (Å²) in [5.41, 5.74) is 3.93. The first-order chi connectivity index (χ1) is 8.27. The van der Waals surface area contributed by atoms with E-state index in [4.69, 9.17) is 0 Å². The summed E-state index contributed by atoms with van der Waals surface area (Å²) in [4.78, 5) is 11.7. The Bertz CT molecular complexity index is 405. The van der Waals surface area contributed by atoms with E-state index in [2.05, 4.69) is 10.5 Å². The molecule has 3 heteroatoms. The molecule has 17 heavy (non-hydrogen) atoms. The van der Waals surface area contributed by atoms with Crippen LogP contribution in [0.1, 0.15) is 17.3 Å². The van der Waals surface area contributed by atoms with E-state index in [0.29, 0.717) is 5.56 Å². The zero-order chi connectivity index (χ0) is 12.1. The summed E-state index contributed by atoms with van der Waals surface area (Å²) in [5, 5.41) is 4.06. The Kier molecular flexibility index (Phi) is 3.91. The molecule has 5 radical (unpaired) electrons. The monoisotopic (exact) mass is 225 g/mol. The fourth-order valence-electron chi connectivity index (χ4n) is 1.47. The minimum absolute atomic E-state index is 0.198. The third-order valence-electron chi connectivity index (χ3n) is 2.44. The molecule has 0 aromatic heterocycles. The quantitative estimate of drug-likeness (QED) is 0.622. The van der Waals surface area contributed by atoms with Crippen molar-refractivity contribution < 1.29 is 4.79 Å². The highest BCUT2D eigenvalue weighted by atomic mass is 16.2. The first-order valence-electron chi connectivity index (χ1n) is 5.39. The number of rotatable bonds is 3. The van der Waals surface area contributed by atoms with Crippen LogP contribution in [0.4, 0.5) is 0 Å². The van der Waals surface area contributed by atoms with Crippen LogP contribution in [0.15, 0.2) is 35.4 Å². The summed E-state index contributed by atoms with van der Waals surface area (Å²) in [6.07, 6.45) is 7.78. The average molecular weight is 225 g/mol. The Balaban J connectivity index is 1.93. The second-order valence-electron chi connectivity index (χ2n) is 3.68. The molecule has 3 nitrogen and oxygen atoms in total. The average Bonchev–Trinajstić information content (AvgIpc) is 2.90. The van der Waals surface area contributed by atoms with Crippen molar-refractivity contribution in [1.82, 2.24) is 5.43 Å². The fraction of sp³-hybridized carbons (Fsp3) is 0.0714. The van der Waals surface area contributed by atoms with Gasteiger partial charge in [0.2, 0.25) is 0 Å². The Morgan fingerprint density at radius 1 is 1.12 bits per heavy atom. The van der Waals surface area contributed by atoms with E-state index < -0.39 is 0 Å². The van der Waals surface area contributed by atoms with Crippen LogP contribution >= 0.6 is 0 Å². The molecule has 0 heterocycles. The highest BCUT2D eigenvalue weighted by Gasteiger charge is 2.19. The van der Waals surface area contributed by atoms with E-state index in [1.54, 1.807) is 12.1 Å². The summed E-state index contributed by atoms with van der Waals surface area (Å²) in [6, 6.07) is 9.02. The van der Waals surface area contributed by atoms with Gasteiger partial charge in [-0.15, -0.1) is 0 Å². The number of amides is 1. The lowest BCUT2D eigenvalue weighted by Crippen LogP contribution is -2.20. The molecule has 1 aliphatic carbocycles. The van der Waals surface area contributed by atoms with Crippen LogP contribution in [-0.2, 0) is 0 Å². The van der Waals surface area contributed by atoms with Crippen LogP contribution in [0.3, 0.4) is 0 Å². The molecule has 0 saturated heterocycles. The van der Waals surface area contributed by atoms with Gasteiger partial charge in [-0.3, -0.25) is 4.79 Å². The maximum absolute atomic E-state index is 11.7. The molecular weight excluding hydrogens is 212 g/mol. The number of hydrogen-bond donors (Lipinski definition) is 1. The van der Waals surface area contributed by atoms with E-state index >= 15 is 0 Å². The minimum Gasteiger partial charge on any atom is -0.267 e. The van der Waals surface area contributed by atoms with Gasteiger partial charge in [-0.1, -0.05) is 18.2 Å². The highest BCUT2D eigenvalue weighted by Crippen LogP contribution is 2.23. The highest BCUT2D eigenvalue weighted by molar-refractivity contribution is 6.01. The molecule has 0 bridgehead atoms. The molecule has 1 N–H and O–H groups in total. The molecule has 1 saturated carbocycles. The topological polar surface area (TPSA) is 41.5 Å². The molecule has 1 aliphatic rings. The van der Waals surface area contributed by atoms with E-state index in [0.717, 1.165) is 11.6 Å². The molecule has 0 unspecified atom stereocenters. The van der Waals surface area contributed by atoms with E-state index in [9.17, 15) is 4.79 Å². The zero-order valence-electron chi connectivity index (χ0n) is 9.55. The smallest absolute Gasteiger partial charge is 0.267 e. The molecule has 0 aliphatic heterocycles. The van der Waals surface area contributed by atoms with Crippen LogP contribution < -0.4 is 5.43 Å². The van der Waals surface area contributed by atoms with Crippen LogP contribution in [-0.4, -0.2) is 11.6 Å². The van der Waals surface area contributed by atoms with Gasteiger partial charge in [0.1, 0.15) is 0 Å². The van der Waals surface area contributed by atoms with Gasteiger partial charge in [-0.25, -0.2) is 5.43 Å². The first kappa shape index (κ1) is 11.8. The molecular formula is C14H13N2O. The number of carbonyl (C=O) groups excluding carboxylic acids is 1. The van der Waals surface area contributed by atoms with Gasteiger partial charge in [0, 0.05) is 17.2 Å². The summed E-state index contributed by atoms with van der Waals surface area (Å²) < 4.78 is 0. The third kappa shape index (κ3) is 3.16. The second kappa shape index (κ2) is 5.62. The van der Waals surface area contributed by atoms with Gasteiger partial charge in [0.15, 0.2) is 0 Å². The lowest BCUT2D eigenvalue weighted by atomic mass is 10.0. The number of carbonyl (C=O) groups is 1. The maximum atomic E-state index is 11.7. The van der Waals surface area contributed by atoms with Crippen molar-refractivity contribution in [2.45, 2.75) is 6.92 Å². The van der Waals surface area contributed by atoms with Crippen LogP contribution in [0.2, 0.25) is 0 Å². The van der Waals surface area contributed by atoms with E-state index in [1.807, 2.05) is 50.8 Å². The SMILES string of the molecule is C/C(=N\NC(=O)c1ccccc1)[C]1[CH][CH][CH][CH]1. The Morgan fingerprint density at radius 3 is 2.41 bits per heavy atom. The number of hydrazone groups is 1. The lowest BCUT2D eigenvalue weighted by Gasteiger charge is -2.07. The van der Waals surface area contributed by atoms with E-state index in [1.165, 1.54) is 0 Å². The van der Waals surface area contributed by atoms with Crippen molar-refractivity contribution in [3.05, 3.63) is 67.5 Å². The van der Waals surface area contributed by atoms with Crippen LogP contribution in [0, 0.1) is 31.6 Å². The molecule has 1 aromatic rings. The van der Waals surface area contributed by atoms with Gasteiger partial charge >= 0.3 is 0 Å². The van der Waals surface area contributed by atoms with E-state index in [-0.39, 0.29) is 5.91 Å². The van der Waals surface area contributed by atoms with Crippen molar-refractivity contribution in [2.24, 2.45) is 5.10 Å². The Labute approximate surface area is 102 Å². The number of hydrogen-bond acceptors (Lipinski definition) is 2. The Hall–Kier alpha value is -1.64. The maximum Gasteiger partial charge on any atom is 0.271 e. The summed E-state index contributed by atoms with van der Waals surface area (Å²) >= 11 is 0. The number of nitrogens with one attached hydrogen (secondary N) is 1. The van der Waals surface area contributed by atoms with Crippen molar-refractivity contribution in [1.29, 1.82) is 0 Å². The molecule has 1 fully saturated rings. The molecule has 1 amide bonds. The summed E-state index contributed by atoms with van der Waals surface area (Å²) in [6.45, 7) is 1.86. The number of nitrogens with zero attached hydrogens (tertiary/aromatic N) is 1. The predicted octanol–water partition coefficient (Wildman–Crippen LogP) is 2.20. The van der Waals surface area contributed by atoms with Gasteiger partial charge < -0.3 is 0 Å². The normalized spacial score (nSPS) is 17.1. The van der Waals surface area contributed by atoms with Crippen LogP contribution in [0.5, 0.6) is 0 Å². The van der Waals surface area contributed by atoms with Crippen molar-refractivity contribution >= 4 is 11.6 Å². The van der Waals surface area contributed by atoms with Gasteiger partial charge in [0.25, 0.3) is 5.91 Å². The van der Waals surface area contributed by atoms with Gasteiger partial charge in [-0.05, 0) is 44.7 Å². The van der Waals surface area contributed by atoms with Crippen molar-refractivity contribution in [2.75, 3.05) is 0 Å². The molecule has 2 rings (SSSR count). The standard InChI is InChI=1S/C14H13N2O/c1-11(12-7-5-6-8-12)15-16-14(17)13-9-3-2-4-10-13/h2-10H,1H3,(H,16,17)/b15-11+. The van der Waals surface area contributed by atoms with Crippen molar-refractivity contribution in [3.8, 4) is 0 Å². The first-order valence-corrected chi connectivity index (χ1v) is 5.39. The largest absolute Gasteiger partial charge is 0.271 e. The molecule has 0 spiro atoms. The molecule has 0 atom stereocenters. The van der Waals surface area contributed by atoms with Crippen LogP contribution in [0.25, 0.3) is 0 Å². The number of benzene rings is 1. The Morgan fingerprint density at radius 2 is 1.76 bits per heavy atom. The third-order valence-corrected chi connectivity index (χ3v) is 2.44. The predicted molar refractivity (Wildman–Crippen MR) is 67.5 cm³/mol. The summed E-state index contributed by atoms with van der Waals surface area (Å²) in [7, 11) is 0. The fourth-order valence-corrected chi connectivity index (χ4v) is 1.47. The lowest BCUT2D eigenvalue weighted by molar-refractivity contribution is 0.0955. The van der Waals surface area contributed by atoms with Crippen molar-refractivity contribution in [3.63, 3.8) is 0 Å². The minimum atomic E-state index is -0.198. The summed E-state index contributed by atoms with van der Waals surface area (Å²) in [5.74, 6) is 0.815.